The minimum absolute atomic E-state index is 0.0552. The quantitative estimate of drug-likeness (QED) is 0.558. The number of sulfone groups is 1. The Balaban J connectivity index is 1.61. The number of piperidine rings is 1. The van der Waals surface area contributed by atoms with Gasteiger partial charge >= 0.3 is 0 Å². The van der Waals surface area contributed by atoms with Crippen LogP contribution in [-0.4, -0.2) is 44.5 Å². The Bertz CT molecular complexity index is 1210. The molecular formula is C22H22ClN3O2S2. The molecule has 2 aliphatic heterocycles. The summed E-state index contributed by atoms with van der Waals surface area (Å²) < 4.78 is 26.5. The first-order chi connectivity index (χ1) is 14.4. The maximum Gasteiger partial charge on any atom is 0.226 e. The number of likely N-dealkylation sites (N-methyl/N-ethyl adjacent to an activating group) is 1. The van der Waals surface area contributed by atoms with Crippen molar-refractivity contribution < 1.29 is 8.42 Å². The molecule has 2 aliphatic rings. The molecule has 5 rings (SSSR count). The number of fused-ring (bicyclic) bond motifs is 3. The lowest BCUT2D eigenvalue weighted by atomic mass is 9.89. The van der Waals surface area contributed by atoms with Crippen molar-refractivity contribution in [2.45, 2.75) is 35.2 Å². The zero-order valence-electron chi connectivity index (χ0n) is 16.7. The average Bonchev–Trinajstić information content (AvgIpc) is 3.26. The van der Waals surface area contributed by atoms with E-state index < -0.39 is 9.84 Å². The van der Waals surface area contributed by atoms with E-state index in [4.69, 9.17) is 11.6 Å². The van der Waals surface area contributed by atoms with Crippen LogP contribution in [0, 0.1) is 6.92 Å². The van der Waals surface area contributed by atoms with E-state index in [1.165, 1.54) is 22.5 Å². The summed E-state index contributed by atoms with van der Waals surface area (Å²) in [4.78, 5) is 9.36. The fraction of sp³-hybridized carbons (Fsp3) is 0.318. The number of likely N-dealkylation sites (tertiary alicyclic amines) is 1. The Morgan fingerprint density at radius 3 is 2.70 bits per heavy atom. The molecule has 0 amide bonds. The molecule has 1 fully saturated rings. The number of hydrogen-bond acceptors (Lipinski definition) is 6. The predicted molar refractivity (Wildman–Crippen MR) is 121 cm³/mol. The van der Waals surface area contributed by atoms with Crippen molar-refractivity contribution >= 4 is 43.6 Å². The van der Waals surface area contributed by atoms with Crippen LogP contribution in [0.3, 0.4) is 0 Å². The third kappa shape index (κ3) is 3.15. The molecule has 0 unspecified atom stereocenters. The normalized spacial score (nSPS) is 21.5. The average molecular weight is 460 g/mol. The van der Waals surface area contributed by atoms with E-state index in [9.17, 15) is 8.42 Å². The Labute approximate surface area is 185 Å². The number of aromatic nitrogens is 1. The van der Waals surface area contributed by atoms with Gasteiger partial charge in [0, 0.05) is 24.2 Å². The number of aryl methyl sites for hydroxylation is 1. The molecule has 3 aromatic rings. The second-order valence-corrected chi connectivity index (χ2v) is 11.5. The molecule has 0 N–H and O–H groups in total. The monoisotopic (exact) mass is 459 g/mol. The molecule has 0 saturated carbocycles. The minimum atomic E-state index is -3.77. The second-order valence-electron chi connectivity index (χ2n) is 8.05. The van der Waals surface area contributed by atoms with Crippen LogP contribution in [0.2, 0.25) is 4.34 Å². The first-order valence-electron chi connectivity index (χ1n) is 9.91. The van der Waals surface area contributed by atoms with Crippen LogP contribution in [0.25, 0.3) is 0 Å². The van der Waals surface area contributed by atoms with E-state index in [1.807, 2.05) is 0 Å². The summed E-state index contributed by atoms with van der Waals surface area (Å²) in [6, 6.07) is 15.1. The number of rotatable bonds is 3. The second kappa shape index (κ2) is 7.34. The lowest BCUT2D eigenvalue weighted by Gasteiger charge is -2.36. The molecule has 0 aliphatic carbocycles. The molecule has 5 nitrogen and oxygen atoms in total. The molecule has 1 saturated heterocycles. The fourth-order valence-electron chi connectivity index (χ4n) is 4.59. The van der Waals surface area contributed by atoms with Gasteiger partial charge in [0.15, 0.2) is 10.2 Å². The molecule has 0 bridgehead atoms. The van der Waals surface area contributed by atoms with E-state index in [-0.39, 0.29) is 20.3 Å². The smallest absolute Gasteiger partial charge is 0.226 e. The van der Waals surface area contributed by atoms with Gasteiger partial charge in [-0.2, -0.15) is 0 Å². The van der Waals surface area contributed by atoms with Gasteiger partial charge < -0.3 is 9.80 Å². The summed E-state index contributed by atoms with van der Waals surface area (Å²) in [7, 11) is -1.62. The Morgan fingerprint density at radius 1 is 1.17 bits per heavy atom. The van der Waals surface area contributed by atoms with Gasteiger partial charge in [-0.05, 0) is 50.7 Å². The number of benzene rings is 2. The number of thiazole rings is 1. The highest BCUT2D eigenvalue weighted by atomic mass is 35.5. The van der Waals surface area contributed by atoms with E-state index in [2.05, 4.69) is 47.0 Å². The van der Waals surface area contributed by atoms with Crippen LogP contribution in [0.1, 0.15) is 23.5 Å². The molecule has 0 radical (unpaired) electrons. The largest absolute Gasteiger partial charge is 0.314 e. The Kier molecular flexibility index (Phi) is 4.89. The van der Waals surface area contributed by atoms with Crippen LogP contribution in [-0.2, 0) is 9.84 Å². The minimum Gasteiger partial charge on any atom is -0.314 e. The van der Waals surface area contributed by atoms with Crippen molar-refractivity contribution in [3.8, 4) is 0 Å². The van der Waals surface area contributed by atoms with Crippen LogP contribution in [0.15, 0.2) is 58.5 Å². The topological polar surface area (TPSA) is 53.5 Å². The molecule has 3 heterocycles. The van der Waals surface area contributed by atoms with Crippen molar-refractivity contribution in [2.24, 2.45) is 0 Å². The van der Waals surface area contributed by atoms with Crippen molar-refractivity contribution in [3.05, 3.63) is 64.0 Å². The van der Waals surface area contributed by atoms with Gasteiger partial charge in [-0.15, -0.1) is 0 Å². The predicted octanol–water partition coefficient (Wildman–Crippen LogP) is 4.88. The molecule has 2 aromatic carbocycles. The van der Waals surface area contributed by atoms with Gasteiger partial charge in [-0.1, -0.05) is 58.8 Å². The Hall–Kier alpha value is -1.93. The molecule has 0 spiro atoms. The van der Waals surface area contributed by atoms with E-state index in [1.54, 1.807) is 30.3 Å². The van der Waals surface area contributed by atoms with E-state index in [0.29, 0.717) is 11.0 Å². The highest BCUT2D eigenvalue weighted by Gasteiger charge is 2.43. The SMILES string of the molecule is Cc1ccc2c(c1)[C@H]1CN(C)CC[C@H]1N2c1nc(S(=O)(=O)c2ccccc2)c(Cl)s1. The molecule has 2 atom stereocenters. The van der Waals surface area contributed by atoms with Crippen LogP contribution < -0.4 is 4.90 Å². The highest BCUT2D eigenvalue weighted by molar-refractivity contribution is 7.91. The van der Waals surface area contributed by atoms with Crippen molar-refractivity contribution in [2.75, 3.05) is 25.0 Å². The number of hydrogen-bond donors (Lipinski definition) is 0. The highest BCUT2D eigenvalue weighted by Crippen LogP contribution is 2.50. The van der Waals surface area contributed by atoms with Crippen molar-refractivity contribution in [1.29, 1.82) is 0 Å². The van der Waals surface area contributed by atoms with Crippen molar-refractivity contribution in [1.82, 2.24) is 9.88 Å². The Morgan fingerprint density at radius 2 is 1.93 bits per heavy atom. The van der Waals surface area contributed by atoms with Gasteiger partial charge in [0.25, 0.3) is 0 Å². The first-order valence-corrected chi connectivity index (χ1v) is 12.6. The summed E-state index contributed by atoms with van der Waals surface area (Å²) in [5, 5.41) is 0.595. The molecule has 30 heavy (non-hydrogen) atoms. The molecule has 1 aromatic heterocycles. The third-order valence-electron chi connectivity index (χ3n) is 6.01. The van der Waals surface area contributed by atoms with E-state index in [0.717, 1.165) is 25.2 Å². The van der Waals surface area contributed by atoms with Gasteiger partial charge in [0.05, 0.1) is 4.90 Å². The number of halogens is 1. The summed E-state index contributed by atoms with van der Waals surface area (Å²) in [5.74, 6) is 0.371. The summed E-state index contributed by atoms with van der Waals surface area (Å²) in [6.45, 7) is 4.08. The lowest BCUT2D eigenvalue weighted by Crippen LogP contribution is -2.43. The van der Waals surface area contributed by atoms with Crippen LogP contribution in [0.4, 0.5) is 10.8 Å². The van der Waals surface area contributed by atoms with Gasteiger partial charge in [0.1, 0.15) is 4.34 Å². The number of anilines is 2. The van der Waals surface area contributed by atoms with Crippen LogP contribution in [0.5, 0.6) is 0 Å². The van der Waals surface area contributed by atoms with Gasteiger partial charge in [0.2, 0.25) is 9.84 Å². The maximum absolute atomic E-state index is 13.1. The molecular weight excluding hydrogens is 438 g/mol. The molecule has 8 heteroatoms. The third-order valence-corrected chi connectivity index (χ3v) is 9.21. The summed E-state index contributed by atoms with van der Waals surface area (Å²) in [5.41, 5.74) is 3.65. The van der Waals surface area contributed by atoms with Crippen molar-refractivity contribution in [3.63, 3.8) is 0 Å². The summed E-state index contributed by atoms with van der Waals surface area (Å²) >= 11 is 7.70. The zero-order chi connectivity index (χ0) is 21.0. The zero-order valence-corrected chi connectivity index (χ0v) is 19.1. The molecule has 156 valence electrons. The van der Waals surface area contributed by atoms with Gasteiger partial charge in [-0.3, -0.25) is 0 Å². The van der Waals surface area contributed by atoms with E-state index >= 15 is 0 Å². The van der Waals surface area contributed by atoms with Gasteiger partial charge in [-0.25, -0.2) is 13.4 Å². The lowest BCUT2D eigenvalue weighted by molar-refractivity contribution is 0.236. The van der Waals surface area contributed by atoms with Crippen LogP contribution >= 0.6 is 22.9 Å². The number of nitrogens with zero attached hydrogens (tertiary/aromatic N) is 3. The fourth-order valence-corrected chi connectivity index (χ4v) is 7.57. The standard InChI is InChI=1S/C22H22ClN3O2S2/c1-14-8-9-18-16(12-14)17-13-25(2)11-10-19(17)26(18)22-24-21(20(23)29-22)30(27,28)15-6-4-3-5-7-15/h3-9,12,17,19H,10-11,13H2,1-2H3/t17-,19-/m1/s1. The summed E-state index contributed by atoms with van der Waals surface area (Å²) in [6.07, 6.45) is 0.993. The maximum atomic E-state index is 13.1. The first kappa shape index (κ1) is 20.0.